The SMILES string of the molecule is [C-]#[N+]/C(C#N)=C1\C(=C\c2cc(-c3ccc4c(c3)C(CCCCCCCC)(CCCCCCCC)c3cc5c(cc3-4)C(c3ccc(C(C)(C)C)cc3)(c3ccc(C(C)(C)C)cc3)c3cc(-c4csc(/C=C6\C(=O)c7cc(F)c(F)cc7\C6=C(\C#N)[N+]#[C-])c4)ccc3-5)cs2)C(=O)c2cc(F)c(F)cc21. The molecule has 6 nitrogen and oxygen atoms in total. The number of ketones is 2. The number of allylic oxidation sites excluding steroid dienone is 6. The molecule has 12 heteroatoms. The molecule has 2 heterocycles. The van der Waals surface area contributed by atoms with Crippen molar-refractivity contribution in [3.63, 3.8) is 0 Å². The van der Waals surface area contributed by atoms with Gasteiger partial charge in [-0.1, -0.05) is 205 Å². The average Bonchev–Trinajstić information content (AvgIpc) is 1.42. The van der Waals surface area contributed by atoms with Gasteiger partial charge in [-0.05, 0) is 207 Å². The molecular formula is C90H78F4N4O2S2. The molecule has 0 saturated heterocycles. The number of fused-ring (bicyclic) bond motifs is 8. The first-order valence-corrected chi connectivity index (χ1v) is 37.2. The maximum absolute atomic E-state index is 14.9. The van der Waals surface area contributed by atoms with E-state index in [0.717, 1.165) is 144 Å². The van der Waals surface area contributed by atoms with E-state index >= 15 is 0 Å². The maximum Gasteiger partial charge on any atom is 0.270 e. The highest BCUT2D eigenvalue weighted by Crippen LogP contribution is 2.63. The largest absolute Gasteiger partial charge is 0.289 e. The lowest BCUT2D eigenvalue weighted by Gasteiger charge is -2.36. The number of unbranched alkanes of at least 4 members (excludes halogenated alkanes) is 10. The number of thiophene rings is 2. The number of carbonyl (C=O) groups is 2. The highest BCUT2D eigenvalue weighted by Gasteiger charge is 2.51. The third-order valence-corrected chi connectivity index (χ3v) is 23.2. The van der Waals surface area contributed by atoms with Crippen LogP contribution in [0.3, 0.4) is 0 Å². The van der Waals surface area contributed by atoms with E-state index in [1.54, 1.807) is 12.2 Å². The van der Waals surface area contributed by atoms with E-state index in [2.05, 4.69) is 168 Å². The van der Waals surface area contributed by atoms with Crippen molar-refractivity contribution >= 4 is 57.5 Å². The van der Waals surface area contributed by atoms with E-state index < -0.39 is 45.7 Å². The minimum Gasteiger partial charge on any atom is -0.289 e. The molecule has 0 aliphatic heterocycles. The van der Waals surface area contributed by atoms with Gasteiger partial charge in [0, 0.05) is 48.6 Å². The summed E-state index contributed by atoms with van der Waals surface area (Å²) in [7, 11) is 0. The van der Waals surface area contributed by atoms with Gasteiger partial charge in [-0.2, -0.15) is 0 Å². The molecule has 0 radical (unpaired) electrons. The number of benzene rings is 7. The van der Waals surface area contributed by atoms with Gasteiger partial charge in [-0.15, -0.1) is 22.7 Å². The number of rotatable bonds is 20. The lowest BCUT2D eigenvalue weighted by atomic mass is 9.66. The molecule has 510 valence electrons. The van der Waals surface area contributed by atoms with E-state index in [1.807, 2.05) is 29.7 Å². The van der Waals surface area contributed by atoms with Crippen molar-refractivity contribution < 1.29 is 27.2 Å². The Morgan fingerprint density at radius 2 is 0.804 bits per heavy atom. The van der Waals surface area contributed by atoms with Crippen LogP contribution in [0.25, 0.3) is 77.5 Å². The summed E-state index contributed by atoms with van der Waals surface area (Å²) in [5, 5.41) is 24.4. The normalized spacial score (nSPS) is 16.2. The first-order valence-electron chi connectivity index (χ1n) is 35.5. The van der Waals surface area contributed by atoms with Crippen molar-refractivity contribution in [2.24, 2.45) is 0 Å². The fraction of sp³-hybridized carbons (Fsp3) is 0.289. The number of nitrogens with zero attached hydrogens (tertiary/aromatic N) is 4. The molecule has 4 aliphatic rings. The second-order valence-corrected chi connectivity index (χ2v) is 31.6. The fourth-order valence-electron chi connectivity index (χ4n) is 16.2. The molecule has 0 bridgehead atoms. The Morgan fingerprint density at radius 1 is 0.441 bits per heavy atom. The number of carbonyl (C=O) groups excluding carboxylic acids is 2. The highest BCUT2D eigenvalue weighted by atomic mass is 32.1. The summed E-state index contributed by atoms with van der Waals surface area (Å²) in [4.78, 5) is 36.5. The van der Waals surface area contributed by atoms with Crippen LogP contribution in [0.1, 0.15) is 231 Å². The van der Waals surface area contributed by atoms with Gasteiger partial charge < -0.3 is 0 Å². The third-order valence-electron chi connectivity index (χ3n) is 21.5. The van der Waals surface area contributed by atoms with Gasteiger partial charge in [0.25, 0.3) is 11.4 Å². The molecule has 0 fully saturated rings. The fourth-order valence-corrected chi connectivity index (χ4v) is 17.9. The van der Waals surface area contributed by atoms with Gasteiger partial charge in [0.1, 0.15) is 0 Å². The summed E-state index contributed by atoms with van der Waals surface area (Å²) in [5.74, 6) is -5.92. The Hall–Kier alpha value is -10.1. The Morgan fingerprint density at radius 3 is 1.22 bits per heavy atom. The summed E-state index contributed by atoms with van der Waals surface area (Å²) >= 11 is 2.81. The smallest absolute Gasteiger partial charge is 0.270 e. The number of nitriles is 2. The lowest BCUT2D eigenvalue weighted by Crippen LogP contribution is -2.29. The molecule has 0 saturated carbocycles. The van der Waals surface area contributed by atoms with Crippen LogP contribution in [0.2, 0.25) is 0 Å². The Kier molecular flexibility index (Phi) is 19.3. The average molecular weight is 1390 g/mol. The molecule has 0 spiro atoms. The summed E-state index contributed by atoms with van der Waals surface area (Å²) < 4.78 is 59.3. The van der Waals surface area contributed by atoms with Crippen molar-refractivity contribution in [3.8, 4) is 56.6 Å². The first-order chi connectivity index (χ1) is 49.0. The molecule has 0 N–H and O–H groups in total. The van der Waals surface area contributed by atoms with Crippen LogP contribution in [-0.4, -0.2) is 11.6 Å². The van der Waals surface area contributed by atoms with E-state index in [1.165, 1.54) is 81.7 Å². The van der Waals surface area contributed by atoms with Crippen LogP contribution in [0.15, 0.2) is 167 Å². The molecule has 0 amide bonds. The van der Waals surface area contributed by atoms with Crippen molar-refractivity contribution in [3.05, 3.63) is 289 Å². The number of hydrogen-bond donors (Lipinski definition) is 0. The van der Waals surface area contributed by atoms with Crippen LogP contribution >= 0.6 is 22.7 Å². The van der Waals surface area contributed by atoms with Gasteiger partial charge in [-0.3, -0.25) is 9.59 Å². The van der Waals surface area contributed by atoms with Gasteiger partial charge >= 0.3 is 0 Å². The summed E-state index contributed by atoms with van der Waals surface area (Å²) in [6.07, 6.45) is 18.8. The Labute approximate surface area is 604 Å². The first kappa shape index (κ1) is 70.4. The van der Waals surface area contributed by atoms with E-state index in [0.29, 0.717) is 9.75 Å². The number of halogens is 4. The van der Waals surface area contributed by atoms with E-state index in [-0.39, 0.29) is 66.8 Å². The molecule has 9 aromatic rings. The molecule has 7 aromatic carbocycles. The molecule has 4 aliphatic carbocycles. The zero-order chi connectivity index (χ0) is 72.2. The quantitative estimate of drug-likeness (QED) is 0.0250. The molecule has 102 heavy (non-hydrogen) atoms. The number of Topliss-reactive ketones (excluding diaryl/α,β-unsaturated/α-hetero) is 2. The van der Waals surface area contributed by atoms with Crippen LogP contribution in [0.4, 0.5) is 17.6 Å². The van der Waals surface area contributed by atoms with E-state index in [4.69, 9.17) is 13.1 Å². The maximum atomic E-state index is 14.9. The van der Waals surface area contributed by atoms with Crippen molar-refractivity contribution in [2.75, 3.05) is 0 Å². The Balaban J connectivity index is 1.01. The molecule has 13 rings (SSSR count). The molecule has 2 aromatic heterocycles. The molecule has 0 unspecified atom stereocenters. The second-order valence-electron chi connectivity index (χ2n) is 29.8. The van der Waals surface area contributed by atoms with Crippen LogP contribution in [0, 0.1) is 59.1 Å². The van der Waals surface area contributed by atoms with E-state index in [9.17, 15) is 37.7 Å². The summed E-state index contributed by atoms with van der Waals surface area (Å²) in [6.45, 7) is 33.6. The van der Waals surface area contributed by atoms with Gasteiger partial charge in [0.2, 0.25) is 0 Å². The molecular weight excluding hydrogens is 1310 g/mol. The lowest BCUT2D eigenvalue weighted by molar-refractivity contribution is 0.103. The second kappa shape index (κ2) is 28.0. The van der Waals surface area contributed by atoms with Gasteiger partial charge in [0.05, 0.1) is 30.7 Å². The van der Waals surface area contributed by atoms with Gasteiger partial charge in [0.15, 0.2) is 34.8 Å². The Bertz CT molecular complexity index is 5140. The van der Waals surface area contributed by atoms with Gasteiger partial charge in [-0.25, -0.2) is 37.8 Å². The van der Waals surface area contributed by atoms with Crippen LogP contribution in [-0.2, 0) is 21.7 Å². The zero-order valence-electron chi connectivity index (χ0n) is 58.8. The number of hydrogen-bond acceptors (Lipinski definition) is 6. The monoisotopic (exact) mass is 1390 g/mol. The predicted molar refractivity (Wildman–Crippen MR) is 406 cm³/mol. The minimum absolute atomic E-state index is 0.00437. The third kappa shape index (κ3) is 12.4. The van der Waals surface area contributed by atoms with Crippen LogP contribution in [0.5, 0.6) is 0 Å². The van der Waals surface area contributed by atoms with Crippen molar-refractivity contribution in [1.29, 1.82) is 10.5 Å². The topological polar surface area (TPSA) is 90.4 Å². The molecule has 0 atom stereocenters. The minimum atomic E-state index is -1.20. The standard InChI is InChI=1S/C90H78F4N4O2S2/c1-11-13-15-17-19-21-35-89(36-22-20-18-16-14-12-2)73-39-53(55-37-61(101-51-55)41-71-83(81(49-95)97-9)67-45-77(91)79(93)47-69(67)85(71)99)23-33-63(73)65-44-76-66(43-74(65)89)64-34-24-54(56-38-62(102-52-56)42-72-84(82(50-96)98-10)68-46-78(92)80(94)48-70(68)86(72)100)40-75(64)90(76,59-29-25-57(26-30-59)87(3,4)5)60-31-27-58(28-32-60)88(6,7)8/h23-34,37-48,51-52H,11-22,35-36H2,1-8H3/b71-41-,72-42-,83-81-,84-82+. The highest BCUT2D eigenvalue weighted by molar-refractivity contribution is 7.11. The van der Waals surface area contributed by atoms with Crippen molar-refractivity contribution in [1.82, 2.24) is 0 Å². The summed E-state index contributed by atoms with van der Waals surface area (Å²) in [6, 6.07) is 48.5. The zero-order valence-corrected chi connectivity index (χ0v) is 60.5. The summed E-state index contributed by atoms with van der Waals surface area (Å²) in [5.41, 5.74) is 15.4. The predicted octanol–water partition coefficient (Wildman–Crippen LogP) is 25.3. The van der Waals surface area contributed by atoms with Crippen molar-refractivity contribution in [2.45, 2.75) is 167 Å². The van der Waals surface area contributed by atoms with Crippen LogP contribution < -0.4 is 0 Å².